The molecule has 1 amide bonds. The fourth-order valence-electron chi connectivity index (χ4n) is 4.66. The van der Waals surface area contributed by atoms with Crippen molar-refractivity contribution in [2.75, 3.05) is 55.7 Å². The lowest BCUT2D eigenvalue weighted by Crippen LogP contribution is -2.50. The van der Waals surface area contributed by atoms with Crippen molar-refractivity contribution in [3.63, 3.8) is 0 Å². The Balaban J connectivity index is 0.000000998. The maximum atomic E-state index is 13.7. The standard InChI is InChI=1S/C26H39N5O2S.C2H6.CH3NO/c1-4-5-21-33-24-10-8-23(9-11-24)29-15-6-16-31(20-19-29)34(32)26(3)13-17-30(18-14-26)25-12-7-22(2)27-28-25;1-2;2-1-3/h7-12H,4-6,13-21H2,1-3H3;1-2H3;1H,(H2,2,3). The average Bonchev–Trinajstić information content (AvgIpc) is 3.22. The lowest BCUT2D eigenvalue weighted by atomic mass is 9.98. The van der Waals surface area contributed by atoms with Crippen molar-refractivity contribution in [1.29, 1.82) is 0 Å². The summed E-state index contributed by atoms with van der Waals surface area (Å²) in [7, 11) is -1.00. The molecule has 0 spiro atoms. The molecular formula is C29H48N6O3S. The summed E-state index contributed by atoms with van der Waals surface area (Å²) in [5.41, 5.74) is 6.31. The van der Waals surface area contributed by atoms with Crippen LogP contribution < -0.4 is 20.3 Å². The molecule has 4 rings (SSSR count). The third-order valence-electron chi connectivity index (χ3n) is 7.01. The van der Waals surface area contributed by atoms with Crippen LogP contribution in [0.1, 0.15) is 65.5 Å². The highest BCUT2D eigenvalue weighted by Crippen LogP contribution is 2.32. The predicted molar refractivity (Wildman–Crippen MR) is 162 cm³/mol. The zero-order valence-electron chi connectivity index (χ0n) is 24.5. The fraction of sp³-hybridized carbons (Fsp3) is 0.621. The van der Waals surface area contributed by atoms with Crippen LogP contribution in [0.3, 0.4) is 0 Å². The van der Waals surface area contributed by atoms with Crippen LogP contribution in [0.15, 0.2) is 36.4 Å². The number of benzene rings is 1. The van der Waals surface area contributed by atoms with Gasteiger partial charge in [-0.2, -0.15) is 5.10 Å². The van der Waals surface area contributed by atoms with Crippen molar-refractivity contribution in [2.24, 2.45) is 5.73 Å². The number of unbranched alkanes of at least 4 members (excludes halogenated alkanes) is 1. The number of nitrogens with zero attached hydrogens (tertiary/aromatic N) is 5. The highest BCUT2D eigenvalue weighted by atomic mass is 32.2. The smallest absolute Gasteiger partial charge is 0.204 e. The zero-order valence-corrected chi connectivity index (χ0v) is 25.3. The zero-order chi connectivity index (χ0) is 28.7. The van der Waals surface area contributed by atoms with Crippen molar-refractivity contribution in [3.05, 3.63) is 42.1 Å². The van der Waals surface area contributed by atoms with E-state index in [1.54, 1.807) is 0 Å². The Morgan fingerprint density at radius 2 is 1.64 bits per heavy atom. The second kappa shape index (κ2) is 17.1. The lowest BCUT2D eigenvalue weighted by molar-refractivity contribution is -0.106. The molecule has 9 nitrogen and oxygen atoms in total. The largest absolute Gasteiger partial charge is 0.494 e. The molecule has 1 aromatic carbocycles. The molecule has 218 valence electrons. The molecule has 2 fully saturated rings. The topological polar surface area (TPSA) is 105 Å². The molecular weight excluding hydrogens is 512 g/mol. The van der Waals surface area contributed by atoms with Gasteiger partial charge in [0.2, 0.25) is 6.41 Å². The van der Waals surface area contributed by atoms with Gasteiger partial charge in [-0.3, -0.25) is 4.79 Å². The van der Waals surface area contributed by atoms with Gasteiger partial charge in [-0.15, -0.1) is 5.10 Å². The minimum absolute atomic E-state index is 0.193. The van der Waals surface area contributed by atoms with E-state index < -0.39 is 11.0 Å². The van der Waals surface area contributed by atoms with Crippen molar-refractivity contribution < 1.29 is 13.7 Å². The molecule has 3 heterocycles. The van der Waals surface area contributed by atoms with Gasteiger partial charge in [0.15, 0.2) is 5.82 Å². The third kappa shape index (κ3) is 9.76. The van der Waals surface area contributed by atoms with Crippen LogP contribution in [-0.2, 0) is 15.8 Å². The van der Waals surface area contributed by atoms with E-state index in [0.717, 1.165) is 95.2 Å². The number of primary amides is 1. The van der Waals surface area contributed by atoms with Gasteiger partial charge in [-0.25, -0.2) is 8.51 Å². The SMILES string of the molecule is CC.CCCCOc1ccc(N2CCCN(S(=O)C3(C)CCN(c4ccc(C)nn4)CC3)CC2)cc1.NC=O. The van der Waals surface area contributed by atoms with Crippen LogP contribution in [-0.4, -0.2) is 75.7 Å². The van der Waals surface area contributed by atoms with Gasteiger partial charge in [-0.05, 0) is 75.9 Å². The van der Waals surface area contributed by atoms with Crippen molar-refractivity contribution in [3.8, 4) is 5.75 Å². The quantitative estimate of drug-likeness (QED) is 0.379. The Morgan fingerprint density at radius 1 is 0.974 bits per heavy atom. The van der Waals surface area contributed by atoms with Crippen molar-refractivity contribution in [1.82, 2.24) is 14.5 Å². The van der Waals surface area contributed by atoms with E-state index >= 15 is 0 Å². The minimum Gasteiger partial charge on any atom is -0.494 e. The second-order valence-corrected chi connectivity index (χ2v) is 11.8. The van der Waals surface area contributed by atoms with Gasteiger partial charge in [0.25, 0.3) is 0 Å². The Labute approximate surface area is 237 Å². The number of anilines is 2. The first-order valence-corrected chi connectivity index (χ1v) is 15.4. The summed E-state index contributed by atoms with van der Waals surface area (Å²) in [5, 5.41) is 8.53. The van der Waals surface area contributed by atoms with Gasteiger partial charge in [0, 0.05) is 45.0 Å². The number of hydrogen-bond acceptors (Lipinski definition) is 7. The van der Waals surface area contributed by atoms with Crippen LogP contribution in [0, 0.1) is 6.92 Å². The maximum absolute atomic E-state index is 13.7. The van der Waals surface area contributed by atoms with Gasteiger partial charge in [0.1, 0.15) is 16.7 Å². The lowest BCUT2D eigenvalue weighted by Gasteiger charge is -2.41. The Kier molecular flexibility index (Phi) is 14.2. The summed E-state index contributed by atoms with van der Waals surface area (Å²) in [5.74, 6) is 1.86. The molecule has 2 aliphatic heterocycles. The number of carbonyl (C=O) groups excluding carboxylic acids is 1. The summed E-state index contributed by atoms with van der Waals surface area (Å²) in [6.07, 6.45) is 5.28. The molecule has 2 aromatic rings. The molecule has 2 saturated heterocycles. The van der Waals surface area contributed by atoms with E-state index in [1.807, 2.05) is 32.9 Å². The van der Waals surface area contributed by atoms with E-state index in [2.05, 4.69) is 68.1 Å². The highest BCUT2D eigenvalue weighted by molar-refractivity contribution is 7.84. The van der Waals surface area contributed by atoms with E-state index in [1.165, 1.54) is 5.69 Å². The molecule has 1 aromatic heterocycles. The predicted octanol–water partition coefficient (Wildman–Crippen LogP) is 4.33. The summed E-state index contributed by atoms with van der Waals surface area (Å²) in [6.45, 7) is 16.4. The molecule has 0 bridgehead atoms. The van der Waals surface area contributed by atoms with Gasteiger partial charge >= 0.3 is 0 Å². The van der Waals surface area contributed by atoms with Crippen LogP contribution >= 0.6 is 0 Å². The Bertz CT molecular complexity index is 982. The average molecular weight is 561 g/mol. The number of rotatable bonds is 8. The van der Waals surface area contributed by atoms with E-state index in [4.69, 9.17) is 9.53 Å². The number of amides is 1. The van der Waals surface area contributed by atoms with Gasteiger partial charge < -0.3 is 20.3 Å². The number of aromatic nitrogens is 2. The van der Waals surface area contributed by atoms with Crippen LogP contribution in [0.4, 0.5) is 11.5 Å². The molecule has 0 saturated carbocycles. The number of ether oxygens (including phenoxy) is 1. The summed E-state index contributed by atoms with van der Waals surface area (Å²) in [6, 6.07) is 12.5. The highest BCUT2D eigenvalue weighted by Gasteiger charge is 2.39. The number of piperidine rings is 1. The molecule has 1 atom stereocenters. The normalized spacial score (nSPS) is 18.0. The van der Waals surface area contributed by atoms with Crippen LogP contribution in [0.25, 0.3) is 0 Å². The van der Waals surface area contributed by atoms with Gasteiger partial charge in [-0.1, -0.05) is 27.2 Å². The first-order valence-electron chi connectivity index (χ1n) is 14.3. The fourth-order valence-corrected chi connectivity index (χ4v) is 6.36. The second-order valence-electron chi connectivity index (χ2n) is 9.82. The molecule has 0 aliphatic carbocycles. The van der Waals surface area contributed by atoms with E-state index in [0.29, 0.717) is 0 Å². The first kappa shape index (κ1) is 32.5. The Hall–Kier alpha value is -2.72. The van der Waals surface area contributed by atoms with Crippen molar-refractivity contribution >= 4 is 28.9 Å². The molecule has 39 heavy (non-hydrogen) atoms. The summed E-state index contributed by atoms with van der Waals surface area (Å²) < 4.78 is 21.5. The summed E-state index contributed by atoms with van der Waals surface area (Å²) in [4.78, 5) is 13.3. The first-order chi connectivity index (χ1) is 18.9. The third-order valence-corrected chi connectivity index (χ3v) is 9.09. The van der Waals surface area contributed by atoms with E-state index in [9.17, 15) is 4.21 Å². The van der Waals surface area contributed by atoms with Gasteiger partial charge in [0.05, 0.1) is 17.0 Å². The van der Waals surface area contributed by atoms with Crippen LogP contribution in [0.5, 0.6) is 5.75 Å². The molecule has 2 aliphatic rings. The monoisotopic (exact) mass is 560 g/mol. The van der Waals surface area contributed by atoms with Crippen LogP contribution in [0.2, 0.25) is 0 Å². The number of aryl methyl sites for hydroxylation is 1. The number of carbonyl (C=O) groups is 1. The molecule has 1 unspecified atom stereocenters. The minimum atomic E-state index is -1.00. The molecule has 2 N–H and O–H groups in total. The van der Waals surface area contributed by atoms with E-state index in [-0.39, 0.29) is 11.2 Å². The number of hydrogen-bond donors (Lipinski definition) is 1. The van der Waals surface area contributed by atoms with Crippen molar-refractivity contribution in [2.45, 2.75) is 71.5 Å². The molecule has 10 heteroatoms. The number of nitrogens with two attached hydrogens (primary N) is 1. The Morgan fingerprint density at radius 3 is 2.23 bits per heavy atom. The maximum Gasteiger partial charge on any atom is 0.204 e. The summed E-state index contributed by atoms with van der Waals surface area (Å²) >= 11 is 0. The molecule has 0 radical (unpaired) electrons.